The van der Waals surface area contributed by atoms with E-state index in [1.165, 1.54) is 4.90 Å². The lowest BCUT2D eigenvalue weighted by Crippen LogP contribution is -2.49. The number of carbonyl (C=O) groups is 3. The van der Waals surface area contributed by atoms with Crippen molar-refractivity contribution >= 4 is 28.8 Å². The fraction of sp³-hybridized carbons (Fsp3) is 0.318. The van der Waals surface area contributed by atoms with E-state index in [-0.39, 0.29) is 35.4 Å². The number of rotatable bonds is 4. The van der Waals surface area contributed by atoms with Crippen LogP contribution in [-0.4, -0.2) is 64.2 Å². The van der Waals surface area contributed by atoms with E-state index in [9.17, 15) is 14.4 Å². The monoisotopic (exact) mass is 409 g/mol. The van der Waals surface area contributed by atoms with E-state index in [0.717, 1.165) is 36.0 Å². The van der Waals surface area contributed by atoms with Gasteiger partial charge in [-0.25, -0.2) is 0 Å². The largest absolute Gasteiger partial charge is 0.329 e. The van der Waals surface area contributed by atoms with Gasteiger partial charge in [-0.3, -0.25) is 19.3 Å². The van der Waals surface area contributed by atoms with Crippen molar-refractivity contribution in [3.8, 4) is 0 Å². The van der Waals surface area contributed by atoms with E-state index in [4.69, 9.17) is 0 Å². The highest BCUT2D eigenvalue weighted by Gasteiger charge is 2.32. The van der Waals surface area contributed by atoms with Gasteiger partial charge in [0.15, 0.2) is 0 Å². The maximum absolute atomic E-state index is 13.4. The number of carbonyl (C=O) groups excluding carboxylic acids is 3. The quantitative estimate of drug-likeness (QED) is 0.777. The summed E-state index contributed by atoms with van der Waals surface area (Å²) >= 11 is 1.02. The molecule has 1 unspecified atom stereocenters. The average Bonchev–Trinajstić information content (AvgIpc) is 3.06. The molecular weight excluding hydrogens is 386 g/mol. The molecule has 4 rings (SSSR count). The molecule has 2 saturated heterocycles. The summed E-state index contributed by atoms with van der Waals surface area (Å²) in [6.45, 7) is 2.46. The molecule has 0 spiro atoms. The maximum atomic E-state index is 13.4. The number of nitrogens with zero attached hydrogens (tertiary/aromatic N) is 3. The van der Waals surface area contributed by atoms with Crippen molar-refractivity contribution in [2.45, 2.75) is 12.6 Å². The van der Waals surface area contributed by atoms with E-state index >= 15 is 0 Å². The standard InChI is InChI=1S/C22H23N3O3S/c1-23-10-11-24(19(14-23)17-7-3-2-4-8-17)21(27)18-9-5-6-16(12-18)13-25-20(26)15-29-22(25)28/h2-9,12,19H,10-11,13-15H2,1H3. The molecule has 2 fully saturated rings. The van der Waals surface area contributed by atoms with Gasteiger partial charge in [0.1, 0.15) is 0 Å². The molecule has 0 aromatic heterocycles. The predicted octanol–water partition coefficient (Wildman–Crippen LogP) is 3.01. The first kappa shape index (κ1) is 19.7. The lowest BCUT2D eigenvalue weighted by Gasteiger charge is -2.40. The number of thioether (sulfide) groups is 1. The van der Waals surface area contributed by atoms with Crippen LogP contribution in [-0.2, 0) is 11.3 Å². The second-order valence-corrected chi connectivity index (χ2v) is 8.35. The van der Waals surface area contributed by atoms with Crippen molar-refractivity contribution in [3.63, 3.8) is 0 Å². The van der Waals surface area contributed by atoms with Gasteiger partial charge in [-0.15, -0.1) is 0 Å². The third-order valence-electron chi connectivity index (χ3n) is 5.38. The fourth-order valence-corrected chi connectivity index (χ4v) is 4.53. The Morgan fingerprint density at radius 2 is 1.86 bits per heavy atom. The molecule has 2 heterocycles. The molecule has 3 amide bonds. The van der Waals surface area contributed by atoms with Gasteiger partial charge in [-0.1, -0.05) is 54.2 Å². The minimum Gasteiger partial charge on any atom is -0.329 e. The van der Waals surface area contributed by atoms with Gasteiger partial charge < -0.3 is 9.80 Å². The number of hydrogen-bond acceptors (Lipinski definition) is 5. The summed E-state index contributed by atoms with van der Waals surface area (Å²) in [6, 6.07) is 17.3. The molecule has 29 heavy (non-hydrogen) atoms. The first-order valence-electron chi connectivity index (χ1n) is 9.63. The molecule has 2 aromatic rings. The summed E-state index contributed by atoms with van der Waals surface area (Å²) in [5.74, 6) is -0.0143. The van der Waals surface area contributed by atoms with Gasteiger partial charge in [0.2, 0.25) is 5.91 Å². The molecule has 2 aliphatic heterocycles. The van der Waals surface area contributed by atoms with Crippen molar-refractivity contribution in [3.05, 3.63) is 71.3 Å². The Bertz CT molecular complexity index is 918. The first-order chi connectivity index (χ1) is 14.0. The van der Waals surface area contributed by atoms with Crippen LogP contribution in [0.25, 0.3) is 0 Å². The van der Waals surface area contributed by atoms with Gasteiger partial charge in [0, 0.05) is 25.2 Å². The smallest absolute Gasteiger partial charge is 0.289 e. The Hall–Kier alpha value is -2.64. The summed E-state index contributed by atoms with van der Waals surface area (Å²) in [5, 5.41) is -0.227. The molecule has 1 atom stereocenters. The van der Waals surface area contributed by atoms with E-state index in [2.05, 4.69) is 24.1 Å². The van der Waals surface area contributed by atoms with Gasteiger partial charge >= 0.3 is 0 Å². The topological polar surface area (TPSA) is 60.9 Å². The Morgan fingerprint density at radius 3 is 2.59 bits per heavy atom. The number of likely N-dealkylation sites (N-methyl/N-ethyl adjacent to an activating group) is 1. The normalized spacial score (nSPS) is 20.4. The Kier molecular flexibility index (Phi) is 5.69. The molecule has 0 N–H and O–H groups in total. The molecule has 2 aliphatic rings. The van der Waals surface area contributed by atoms with Crippen molar-refractivity contribution in [2.75, 3.05) is 32.4 Å². The highest BCUT2D eigenvalue weighted by Crippen LogP contribution is 2.27. The second kappa shape index (κ2) is 8.39. The van der Waals surface area contributed by atoms with Crippen molar-refractivity contribution in [1.82, 2.24) is 14.7 Å². The Morgan fingerprint density at radius 1 is 1.07 bits per heavy atom. The summed E-state index contributed by atoms with van der Waals surface area (Å²) in [5.41, 5.74) is 2.49. The van der Waals surface area contributed by atoms with Gasteiger partial charge in [0.05, 0.1) is 18.3 Å². The number of imide groups is 1. The third-order valence-corrected chi connectivity index (χ3v) is 6.24. The van der Waals surface area contributed by atoms with E-state index < -0.39 is 0 Å². The molecule has 2 aromatic carbocycles. The molecule has 6 nitrogen and oxygen atoms in total. The lowest BCUT2D eigenvalue weighted by atomic mass is 10.0. The van der Waals surface area contributed by atoms with Crippen LogP contribution in [0, 0.1) is 0 Å². The molecule has 0 bridgehead atoms. The van der Waals surface area contributed by atoms with E-state index in [1.807, 2.05) is 35.2 Å². The number of piperazine rings is 1. The van der Waals surface area contributed by atoms with Crippen LogP contribution in [0.2, 0.25) is 0 Å². The lowest BCUT2D eigenvalue weighted by molar-refractivity contribution is -0.125. The number of benzene rings is 2. The highest BCUT2D eigenvalue weighted by atomic mass is 32.2. The van der Waals surface area contributed by atoms with Crippen molar-refractivity contribution in [1.29, 1.82) is 0 Å². The Labute approximate surface area is 174 Å². The zero-order valence-electron chi connectivity index (χ0n) is 16.3. The van der Waals surface area contributed by atoms with Crippen LogP contribution in [0.1, 0.15) is 27.5 Å². The van der Waals surface area contributed by atoms with Crippen LogP contribution < -0.4 is 0 Å². The van der Waals surface area contributed by atoms with Crippen LogP contribution in [0.5, 0.6) is 0 Å². The third kappa shape index (κ3) is 4.21. The van der Waals surface area contributed by atoms with Gasteiger partial charge in [0.25, 0.3) is 11.1 Å². The summed E-state index contributed by atoms with van der Waals surface area (Å²) in [4.78, 5) is 42.5. The second-order valence-electron chi connectivity index (χ2n) is 7.42. The van der Waals surface area contributed by atoms with Crippen LogP contribution in [0.15, 0.2) is 54.6 Å². The van der Waals surface area contributed by atoms with E-state index in [0.29, 0.717) is 12.1 Å². The molecule has 0 saturated carbocycles. The molecule has 0 radical (unpaired) electrons. The fourth-order valence-electron chi connectivity index (χ4n) is 3.81. The first-order valence-corrected chi connectivity index (χ1v) is 10.6. The molecule has 150 valence electrons. The Balaban J connectivity index is 1.56. The number of amides is 3. The minimum absolute atomic E-state index is 0.00996. The minimum atomic E-state index is -0.227. The average molecular weight is 410 g/mol. The summed E-state index contributed by atoms with van der Waals surface area (Å²) in [6.07, 6.45) is 0. The zero-order valence-corrected chi connectivity index (χ0v) is 17.1. The van der Waals surface area contributed by atoms with E-state index in [1.54, 1.807) is 12.1 Å². The SMILES string of the molecule is CN1CCN(C(=O)c2cccc(CN3C(=O)CSC3=O)c2)C(c2ccccc2)C1. The highest BCUT2D eigenvalue weighted by molar-refractivity contribution is 8.14. The zero-order chi connectivity index (χ0) is 20.4. The number of hydrogen-bond donors (Lipinski definition) is 0. The summed E-state index contributed by atoms with van der Waals surface area (Å²) in [7, 11) is 2.07. The molecule has 7 heteroatoms. The predicted molar refractivity (Wildman–Crippen MR) is 113 cm³/mol. The van der Waals surface area contributed by atoms with Crippen LogP contribution in [0.4, 0.5) is 4.79 Å². The van der Waals surface area contributed by atoms with Crippen LogP contribution >= 0.6 is 11.8 Å². The van der Waals surface area contributed by atoms with Crippen LogP contribution in [0.3, 0.4) is 0 Å². The van der Waals surface area contributed by atoms with Gasteiger partial charge in [-0.2, -0.15) is 0 Å². The molecule has 0 aliphatic carbocycles. The van der Waals surface area contributed by atoms with Crippen molar-refractivity contribution < 1.29 is 14.4 Å². The maximum Gasteiger partial charge on any atom is 0.289 e. The summed E-state index contributed by atoms with van der Waals surface area (Å²) < 4.78 is 0. The van der Waals surface area contributed by atoms with Crippen molar-refractivity contribution in [2.24, 2.45) is 0 Å². The molecular formula is C22H23N3O3S. The van der Waals surface area contributed by atoms with Gasteiger partial charge in [-0.05, 0) is 30.3 Å².